The van der Waals surface area contributed by atoms with Crippen LogP contribution in [0.15, 0.2) is 78.4 Å². The first-order chi connectivity index (χ1) is 41.1. The zero-order chi connectivity index (χ0) is 66.4. The van der Waals surface area contributed by atoms with Gasteiger partial charge < -0.3 is 49.6 Å². The Morgan fingerprint density at radius 3 is 1.52 bits per heavy atom. The van der Waals surface area contributed by atoms with Gasteiger partial charge in [-0.25, -0.2) is 14.4 Å². The molecular weight excluding hydrogens is 1150 g/mol. The van der Waals surface area contributed by atoms with Gasteiger partial charge in [-0.1, -0.05) is 122 Å². The molecule has 0 aromatic heterocycles. The van der Waals surface area contributed by atoms with Gasteiger partial charge in [0.1, 0.15) is 74.3 Å². The molecule has 4 aliphatic rings. The molecule has 3 aromatic carbocycles. The summed E-state index contributed by atoms with van der Waals surface area (Å²) in [5.74, 6) is -4.49. The average Bonchev–Trinajstić information content (AvgIpc) is 0.755. The second-order valence-electron chi connectivity index (χ2n) is 24.7. The van der Waals surface area contributed by atoms with E-state index in [-0.39, 0.29) is 103 Å². The quantitative estimate of drug-likeness (QED) is 0.0236. The van der Waals surface area contributed by atoms with Gasteiger partial charge in [0.05, 0.1) is 24.9 Å². The molecule has 500 valence electrons. The maximum absolute atomic E-state index is 13.2. The molecule has 2 heterocycles. The number of aromatic carboxylic acids is 1. The van der Waals surface area contributed by atoms with Gasteiger partial charge in [-0.2, -0.15) is 0 Å². The van der Waals surface area contributed by atoms with Crippen LogP contribution in [0.25, 0.3) is 0 Å². The first kappa shape index (κ1) is 80.5. The van der Waals surface area contributed by atoms with Crippen LogP contribution in [0.1, 0.15) is 267 Å². The Kier molecular flexibility index (Phi) is 33.1. The van der Waals surface area contributed by atoms with E-state index >= 15 is 0 Å². The monoisotopic (exact) mass is 1250 g/mol. The molecule has 3 aromatic rings. The minimum absolute atomic E-state index is 0. The molecule has 0 radical (unpaired) electrons. The lowest BCUT2D eigenvalue weighted by Crippen LogP contribution is -2.44. The molecule has 6 atom stereocenters. The first-order valence-corrected chi connectivity index (χ1v) is 30.9. The number of aryl methyl sites for hydroxylation is 3. The van der Waals surface area contributed by atoms with E-state index in [9.17, 15) is 59.1 Å². The van der Waals surface area contributed by atoms with E-state index in [2.05, 4.69) is 53.0 Å². The highest BCUT2D eigenvalue weighted by atomic mass is 16.7. The Balaban J connectivity index is 0.000000608. The molecule has 17 nitrogen and oxygen atoms in total. The van der Waals surface area contributed by atoms with Gasteiger partial charge in [0.15, 0.2) is 0 Å². The highest BCUT2D eigenvalue weighted by Crippen LogP contribution is 2.51. The van der Waals surface area contributed by atoms with Gasteiger partial charge in [-0.15, -0.1) is 0 Å². The summed E-state index contributed by atoms with van der Waals surface area (Å²) in [6.07, 6.45) is 20.6. The number of aromatic hydroxyl groups is 4. The molecule has 0 saturated heterocycles. The number of esters is 2. The Morgan fingerprint density at radius 2 is 1.08 bits per heavy atom. The number of hydrogen-bond acceptors (Lipinski definition) is 16. The smallest absolute Gasteiger partial charge is 0.345 e. The number of carbonyl (C=O) groups excluding carboxylic acids is 6. The minimum atomic E-state index is -1.40. The van der Waals surface area contributed by atoms with Gasteiger partial charge in [-0.05, 0) is 166 Å². The number of phenols is 4. The van der Waals surface area contributed by atoms with Crippen molar-refractivity contribution >= 4 is 41.0 Å². The van der Waals surface area contributed by atoms with Gasteiger partial charge in [0.2, 0.25) is 0 Å². The summed E-state index contributed by atoms with van der Waals surface area (Å²) >= 11 is 0. The van der Waals surface area contributed by atoms with Crippen LogP contribution in [0.2, 0.25) is 0 Å². The van der Waals surface area contributed by atoms with Gasteiger partial charge >= 0.3 is 17.9 Å². The summed E-state index contributed by atoms with van der Waals surface area (Å²) in [6.45, 7) is 31.1. The van der Waals surface area contributed by atoms with Crippen LogP contribution in [-0.2, 0) is 47.9 Å². The predicted octanol–water partition coefficient (Wildman–Crippen LogP) is 16.4. The summed E-state index contributed by atoms with van der Waals surface area (Å²) < 4.78 is 23.0. The normalized spacial score (nSPS) is 20.7. The first-order valence-electron chi connectivity index (χ1n) is 30.9. The number of rotatable bonds is 22. The van der Waals surface area contributed by atoms with E-state index in [1.54, 1.807) is 26.0 Å². The fourth-order valence-corrected chi connectivity index (χ4v) is 11.2. The second-order valence-corrected chi connectivity index (χ2v) is 24.7. The van der Waals surface area contributed by atoms with Crippen molar-refractivity contribution in [3.8, 4) is 34.5 Å². The SMILES string of the molecule is C.C.C=C(C)[C@@H]1CCC(C)=C[C@H]1c1c(O)cc(CCCCC)c2c1OC(C)(CC(C)=O)OC2=O.C=C(C)[C@H]1C=C[C@@](C)(O)CC1.CC(=O)CC(C)=O.CCCCCc1cc(O)cc(O)c1C(=O)O.CCCCCc1cc(O)cc2c1C(=O)OC(C)(CC(C)=O)O2. The highest BCUT2D eigenvalue weighted by molar-refractivity contribution is 5.98. The highest BCUT2D eigenvalue weighted by Gasteiger charge is 2.45. The maximum Gasteiger partial charge on any atom is 0.345 e. The van der Waals surface area contributed by atoms with E-state index in [0.29, 0.717) is 53.2 Å². The van der Waals surface area contributed by atoms with E-state index in [1.165, 1.54) is 51.0 Å². The lowest BCUT2D eigenvalue weighted by atomic mass is 9.73. The van der Waals surface area contributed by atoms with Crippen LogP contribution in [-0.4, -0.2) is 88.9 Å². The summed E-state index contributed by atoms with van der Waals surface area (Å²) in [5, 5.41) is 58.4. The molecule has 2 unspecified atom stereocenters. The molecule has 0 amide bonds. The second kappa shape index (κ2) is 37.0. The van der Waals surface area contributed by atoms with Crippen molar-refractivity contribution in [2.24, 2.45) is 11.8 Å². The summed E-state index contributed by atoms with van der Waals surface area (Å²) in [4.78, 5) is 79.8. The van der Waals surface area contributed by atoms with Crippen molar-refractivity contribution in [2.75, 3.05) is 0 Å². The zero-order valence-corrected chi connectivity index (χ0v) is 54.4. The Morgan fingerprint density at radius 1 is 0.600 bits per heavy atom. The number of fused-ring (bicyclic) bond motifs is 2. The van der Waals surface area contributed by atoms with Crippen LogP contribution < -0.4 is 9.47 Å². The number of cyclic esters (lactones) is 2. The van der Waals surface area contributed by atoms with Crippen molar-refractivity contribution in [2.45, 2.75) is 250 Å². The molecule has 0 fully saturated rings. The van der Waals surface area contributed by atoms with Crippen molar-refractivity contribution < 1.29 is 83.1 Å². The predicted molar refractivity (Wildman–Crippen MR) is 353 cm³/mol. The largest absolute Gasteiger partial charge is 0.508 e. The molecule has 6 N–H and O–H groups in total. The average molecular weight is 1260 g/mol. The topological polar surface area (TPSA) is 278 Å². The summed E-state index contributed by atoms with van der Waals surface area (Å²) in [6, 6.07) is 7.13. The summed E-state index contributed by atoms with van der Waals surface area (Å²) in [5.41, 5.74) is 6.04. The molecule has 0 saturated carbocycles. The third-order valence-corrected chi connectivity index (χ3v) is 15.4. The number of Topliss-reactive ketones (excluding diaryl/α,β-unsaturated/α-hetero) is 4. The van der Waals surface area contributed by atoms with Crippen LogP contribution in [0.3, 0.4) is 0 Å². The van der Waals surface area contributed by atoms with Crippen LogP contribution in [0, 0.1) is 11.8 Å². The van der Waals surface area contributed by atoms with E-state index < -0.39 is 35.1 Å². The molecule has 7 rings (SSSR count). The fraction of sp³-hybridized carbons (Fsp3) is 0.548. The Bertz CT molecular complexity index is 3060. The number of aliphatic hydroxyl groups is 1. The number of ether oxygens (including phenoxy) is 4. The lowest BCUT2D eigenvalue weighted by molar-refractivity contribution is -0.157. The van der Waals surface area contributed by atoms with Crippen LogP contribution in [0.5, 0.6) is 34.5 Å². The van der Waals surface area contributed by atoms with Crippen LogP contribution >= 0.6 is 0 Å². The Labute approximate surface area is 535 Å². The van der Waals surface area contributed by atoms with Gasteiger partial charge in [0.25, 0.3) is 11.6 Å². The van der Waals surface area contributed by atoms with E-state index in [0.717, 1.165) is 106 Å². The number of ketones is 4. The number of phenolic OH excluding ortho intramolecular Hbond substituents is 3. The number of carbonyl (C=O) groups is 7. The number of allylic oxidation sites excluding steroid dienone is 5. The van der Waals surface area contributed by atoms with Crippen molar-refractivity contribution in [3.63, 3.8) is 0 Å². The third kappa shape index (κ3) is 25.0. The lowest BCUT2D eigenvalue weighted by Gasteiger charge is -2.39. The number of unbranched alkanes of at least 4 members (excludes halogenated alkanes) is 6. The van der Waals surface area contributed by atoms with Gasteiger partial charge in [-0.3, -0.25) is 19.2 Å². The molecule has 2 aliphatic heterocycles. The molecule has 0 bridgehead atoms. The van der Waals surface area contributed by atoms with Gasteiger partial charge in [0, 0.05) is 37.5 Å². The standard InChI is InChI=1S/C27H36O5.C17H22O5.C12H16O4.C10H16O.C5H8O2.2CH4/c1-7-8-9-10-19-14-22(29)24(21-13-17(4)11-12-20(21)16(2)3)25-23(19)26(30)32-27(6,31-25)15-18(5)28;1-4-5-6-7-12-8-13(19)9-14-15(12)16(20)22-17(3,21-14)10-11(2)18;1-2-3-4-5-8-6-9(13)7-10(14)11(8)12(15)16;1-8(2)9-4-6-10(3,11)7-5-9;1-4(6)3-5(2)7;;/h13-14,20-21,29H,2,7-12,15H2,1,3-6H3;8-9,19H,4-7,10H2,1-3H3;6-7,13-14H,2-5H2,1H3,(H,15,16);4,6,9,11H,1,5,7H2,2-3H3;3H2,1-2H3;2*1H4/t20-,21+,27?;;;9-,10+;;;/m0..0.../s1. The molecule has 0 spiro atoms. The van der Waals surface area contributed by atoms with Crippen LogP contribution in [0.4, 0.5) is 0 Å². The Hall–Kier alpha value is -7.53. The third-order valence-electron chi connectivity index (χ3n) is 15.4. The van der Waals surface area contributed by atoms with Crippen molar-refractivity contribution in [1.29, 1.82) is 0 Å². The zero-order valence-electron chi connectivity index (χ0n) is 54.4. The minimum Gasteiger partial charge on any atom is -0.508 e. The van der Waals surface area contributed by atoms with Crippen molar-refractivity contribution in [1.82, 2.24) is 0 Å². The fourth-order valence-electron chi connectivity index (χ4n) is 11.2. The molecule has 2 aliphatic carbocycles. The molecule has 90 heavy (non-hydrogen) atoms. The number of carboxylic acids is 1. The number of hydrogen-bond donors (Lipinski definition) is 6. The van der Waals surface area contributed by atoms with Crippen molar-refractivity contribution in [3.05, 3.63) is 117 Å². The number of benzene rings is 3. The molecule has 17 heteroatoms. The van der Waals surface area contributed by atoms with E-state index in [1.807, 2.05) is 26.8 Å². The number of carboxylic acid groups (broad SMARTS) is 1. The van der Waals surface area contributed by atoms with E-state index in [4.69, 9.17) is 24.1 Å². The summed E-state index contributed by atoms with van der Waals surface area (Å²) in [7, 11) is 0. The molecular formula is C73H106O17. The maximum atomic E-state index is 13.2.